The normalized spacial score (nSPS) is 21.0. The average Bonchev–Trinajstić information content (AvgIpc) is 3.03. The summed E-state index contributed by atoms with van der Waals surface area (Å²) in [7, 11) is 0. The molecule has 2 rings (SSSR count). The third-order valence-electron chi connectivity index (χ3n) is 5.35. The van der Waals surface area contributed by atoms with Gasteiger partial charge in [0.25, 0.3) is 0 Å². The van der Waals surface area contributed by atoms with Gasteiger partial charge in [0.05, 0.1) is 5.92 Å². The Hall–Kier alpha value is -2.37. The van der Waals surface area contributed by atoms with Crippen LogP contribution in [0.3, 0.4) is 0 Å². The number of rotatable bonds is 5. The van der Waals surface area contributed by atoms with Crippen LogP contribution >= 0.6 is 0 Å². The number of esters is 1. The third-order valence-corrected chi connectivity index (χ3v) is 5.35. The van der Waals surface area contributed by atoms with E-state index in [1.165, 1.54) is 4.90 Å². The summed E-state index contributed by atoms with van der Waals surface area (Å²) in [6, 6.07) is 6.89. The zero-order valence-electron chi connectivity index (χ0n) is 18.3. The first-order valence-corrected chi connectivity index (χ1v) is 10.1. The van der Waals surface area contributed by atoms with Crippen LogP contribution in [0.5, 0.6) is 0 Å². The van der Waals surface area contributed by atoms with Crippen LogP contribution in [0.4, 0.5) is 4.79 Å². The second kappa shape index (κ2) is 8.56. The van der Waals surface area contributed by atoms with Gasteiger partial charge in [0.2, 0.25) is 0 Å². The molecule has 0 aromatic heterocycles. The molecule has 0 spiro atoms. The van der Waals surface area contributed by atoms with Gasteiger partial charge in [-0.15, -0.1) is 0 Å². The van der Waals surface area contributed by atoms with E-state index in [4.69, 9.17) is 4.74 Å². The van der Waals surface area contributed by atoms with Crippen LogP contribution in [0.15, 0.2) is 24.3 Å². The van der Waals surface area contributed by atoms with E-state index < -0.39 is 17.6 Å². The molecule has 1 aliphatic heterocycles. The predicted molar refractivity (Wildman–Crippen MR) is 111 cm³/mol. The third kappa shape index (κ3) is 5.81. The molecule has 1 unspecified atom stereocenters. The molecule has 1 amide bonds. The number of hydrogen-bond acceptors (Lipinski definition) is 4. The molecule has 3 atom stereocenters. The summed E-state index contributed by atoms with van der Waals surface area (Å²) in [6.45, 7) is 11.9. The van der Waals surface area contributed by atoms with Crippen molar-refractivity contribution in [3.05, 3.63) is 35.4 Å². The number of nitrogens with zero attached hydrogens (tertiary/aromatic N) is 1. The largest absolute Gasteiger partial charge is 0.465 e. The second-order valence-electron chi connectivity index (χ2n) is 9.95. The molecule has 1 aromatic rings. The lowest BCUT2D eigenvalue weighted by Crippen LogP contribution is -2.48. The van der Waals surface area contributed by atoms with Gasteiger partial charge in [-0.25, -0.2) is 4.79 Å². The fraction of sp³-hybridized carbons (Fsp3) is 0.609. The van der Waals surface area contributed by atoms with Gasteiger partial charge in [0.1, 0.15) is 11.9 Å². The maximum absolute atomic E-state index is 13.2. The van der Waals surface area contributed by atoms with E-state index >= 15 is 0 Å². The maximum atomic E-state index is 13.2. The highest BCUT2D eigenvalue weighted by atomic mass is 16.6. The summed E-state index contributed by atoms with van der Waals surface area (Å²) in [6.07, 6.45) is 0.830. The first-order valence-electron chi connectivity index (χ1n) is 10.1. The van der Waals surface area contributed by atoms with Gasteiger partial charge in [-0.2, -0.15) is 0 Å². The summed E-state index contributed by atoms with van der Waals surface area (Å²) in [5, 5.41) is 9.70. The molecule has 29 heavy (non-hydrogen) atoms. The number of hydrogen-bond donors (Lipinski definition) is 1. The Labute approximate surface area is 173 Å². The quantitative estimate of drug-likeness (QED) is 0.581. The van der Waals surface area contributed by atoms with E-state index in [1.54, 1.807) is 18.2 Å². The van der Waals surface area contributed by atoms with E-state index in [0.717, 1.165) is 11.8 Å². The number of carbonyl (C=O) groups is 3. The molecule has 1 N–H and O–H groups in total. The zero-order valence-corrected chi connectivity index (χ0v) is 18.3. The Morgan fingerprint density at radius 3 is 2.41 bits per heavy atom. The van der Waals surface area contributed by atoms with E-state index in [1.807, 2.05) is 47.6 Å². The predicted octanol–water partition coefficient (Wildman–Crippen LogP) is 4.41. The van der Waals surface area contributed by atoms with Crippen molar-refractivity contribution in [2.24, 2.45) is 17.3 Å². The minimum atomic E-state index is -0.960. The fourth-order valence-electron chi connectivity index (χ4n) is 4.40. The summed E-state index contributed by atoms with van der Waals surface area (Å²) < 4.78 is 5.72. The monoisotopic (exact) mass is 403 g/mol. The molecular weight excluding hydrogens is 370 g/mol. The zero-order chi connectivity index (χ0) is 22.0. The highest BCUT2D eigenvalue weighted by molar-refractivity contribution is 5.76. The highest BCUT2D eigenvalue weighted by Crippen LogP contribution is 2.42. The SMILES string of the molecule is CC(C)(C)OC(=O)[C@@H](Cc1cccc(C=O)c1)[C@H]1CCN(C(=O)O)C1C(C)(C)C. The van der Waals surface area contributed by atoms with Gasteiger partial charge in [-0.3, -0.25) is 9.59 Å². The molecule has 1 saturated heterocycles. The molecule has 1 aliphatic rings. The average molecular weight is 404 g/mol. The minimum Gasteiger partial charge on any atom is -0.465 e. The van der Waals surface area contributed by atoms with Gasteiger partial charge >= 0.3 is 12.1 Å². The summed E-state index contributed by atoms with van der Waals surface area (Å²) in [5.74, 6) is -0.981. The molecule has 6 nitrogen and oxygen atoms in total. The van der Waals surface area contributed by atoms with Crippen molar-refractivity contribution in [1.82, 2.24) is 4.90 Å². The minimum absolute atomic E-state index is 0.166. The van der Waals surface area contributed by atoms with Crippen molar-refractivity contribution in [2.75, 3.05) is 6.54 Å². The fourth-order valence-corrected chi connectivity index (χ4v) is 4.40. The molecule has 6 heteroatoms. The number of benzene rings is 1. The van der Waals surface area contributed by atoms with Crippen molar-refractivity contribution >= 4 is 18.3 Å². The summed E-state index contributed by atoms with van der Waals surface area (Å²) >= 11 is 0. The Morgan fingerprint density at radius 2 is 1.90 bits per heavy atom. The van der Waals surface area contributed by atoms with Crippen LogP contribution in [-0.4, -0.2) is 46.5 Å². The Kier molecular flexibility index (Phi) is 6.76. The molecule has 160 valence electrons. The molecule has 0 aliphatic carbocycles. The van der Waals surface area contributed by atoms with Crippen LogP contribution in [0, 0.1) is 17.3 Å². The van der Waals surface area contributed by atoms with Crippen molar-refractivity contribution in [3.8, 4) is 0 Å². The molecule has 0 radical (unpaired) electrons. The first kappa shape index (κ1) is 22.9. The van der Waals surface area contributed by atoms with Crippen molar-refractivity contribution in [1.29, 1.82) is 0 Å². The van der Waals surface area contributed by atoms with Gasteiger partial charge < -0.3 is 14.7 Å². The van der Waals surface area contributed by atoms with E-state index in [0.29, 0.717) is 24.9 Å². The summed E-state index contributed by atoms with van der Waals surface area (Å²) in [5.41, 5.74) is 0.454. The highest BCUT2D eigenvalue weighted by Gasteiger charge is 2.49. The number of carboxylic acid groups (broad SMARTS) is 1. The van der Waals surface area contributed by atoms with E-state index in [9.17, 15) is 19.5 Å². The number of aldehydes is 1. The van der Waals surface area contributed by atoms with Crippen LogP contribution in [0.2, 0.25) is 0 Å². The van der Waals surface area contributed by atoms with Crippen LogP contribution in [0.1, 0.15) is 63.9 Å². The lowest BCUT2D eigenvalue weighted by atomic mass is 9.72. The number of amides is 1. The topological polar surface area (TPSA) is 83.9 Å². The van der Waals surface area contributed by atoms with Gasteiger partial charge in [-0.05, 0) is 56.6 Å². The lowest BCUT2D eigenvalue weighted by Gasteiger charge is -2.39. The van der Waals surface area contributed by atoms with Crippen LogP contribution in [0.25, 0.3) is 0 Å². The Morgan fingerprint density at radius 1 is 1.24 bits per heavy atom. The van der Waals surface area contributed by atoms with Crippen molar-refractivity contribution in [2.45, 2.75) is 66.0 Å². The van der Waals surface area contributed by atoms with Gasteiger partial charge in [-0.1, -0.05) is 39.0 Å². The number of likely N-dealkylation sites (tertiary alicyclic amines) is 1. The number of carbonyl (C=O) groups excluding carboxylic acids is 2. The van der Waals surface area contributed by atoms with Crippen LogP contribution in [-0.2, 0) is 16.0 Å². The molecule has 1 fully saturated rings. The first-order chi connectivity index (χ1) is 13.3. The van der Waals surface area contributed by atoms with Crippen LogP contribution < -0.4 is 0 Å². The molecule has 0 bridgehead atoms. The molecular formula is C23H33NO5. The molecule has 1 aromatic carbocycles. The standard InChI is InChI=1S/C23H33NO5/c1-22(2,3)19-17(10-11-24(19)21(27)28)18(20(26)29-23(4,5)6)13-15-8-7-9-16(12-15)14-25/h7-9,12,14,17-19H,10-11,13H2,1-6H3,(H,27,28)/t17-,18+,19?/m1/s1. The van der Waals surface area contributed by atoms with Gasteiger partial charge in [0.15, 0.2) is 0 Å². The smallest absolute Gasteiger partial charge is 0.407 e. The van der Waals surface area contributed by atoms with E-state index in [-0.39, 0.29) is 23.3 Å². The lowest BCUT2D eigenvalue weighted by molar-refractivity contribution is -0.163. The molecule has 0 saturated carbocycles. The van der Waals surface area contributed by atoms with E-state index in [2.05, 4.69) is 0 Å². The van der Waals surface area contributed by atoms with Crippen molar-refractivity contribution < 1.29 is 24.2 Å². The second-order valence-corrected chi connectivity index (χ2v) is 9.95. The summed E-state index contributed by atoms with van der Waals surface area (Å²) in [4.78, 5) is 37.7. The van der Waals surface area contributed by atoms with Gasteiger partial charge in [0, 0.05) is 18.2 Å². The number of ether oxygens (including phenoxy) is 1. The van der Waals surface area contributed by atoms with Crippen molar-refractivity contribution in [3.63, 3.8) is 0 Å². The Balaban J connectivity index is 2.43. The molecule has 1 heterocycles. The maximum Gasteiger partial charge on any atom is 0.407 e. The Bertz CT molecular complexity index is 759.